The third kappa shape index (κ3) is 3.44. The predicted molar refractivity (Wildman–Crippen MR) is 63.2 cm³/mol. The number of ether oxygens (including phenoxy) is 1. The van der Waals surface area contributed by atoms with Gasteiger partial charge in [0.1, 0.15) is 0 Å². The summed E-state index contributed by atoms with van der Waals surface area (Å²) in [6, 6.07) is 4.37. The minimum atomic E-state index is -1.04. The van der Waals surface area contributed by atoms with E-state index < -0.39 is 17.6 Å². The lowest BCUT2D eigenvalue weighted by molar-refractivity contribution is -0.143. The SMILES string of the molecule is CCOc1ccc(CN(C)C(=O)C(N)=O)cc1F. The van der Waals surface area contributed by atoms with E-state index in [4.69, 9.17) is 10.5 Å². The average Bonchev–Trinajstić information content (AvgIpc) is 2.31. The van der Waals surface area contributed by atoms with Gasteiger partial charge < -0.3 is 15.4 Å². The van der Waals surface area contributed by atoms with Gasteiger partial charge in [-0.2, -0.15) is 0 Å². The fraction of sp³-hybridized carbons (Fsp3) is 0.333. The molecular weight excluding hydrogens is 239 g/mol. The van der Waals surface area contributed by atoms with Gasteiger partial charge in [0.2, 0.25) is 0 Å². The first-order chi connectivity index (χ1) is 8.45. The van der Waals surface area contributed by atoms with E-state index in [2.05, 4.69) is 0 Å². The van der Waals surface area contributed by atoms with Crippen LogP contribution in [0.1, 0.15) is 12.5 Å². The molecule has 0 heterocycles. The fourth-order valence-electron chi connectivity index (χ4n) is 1.45. The van der Waals surface area contributed by atoms with E-state index in [1.54, 1.807) is 13.0 Å². The number of halogens is 1. The maximum absolute atomic E-state index is 13.5. The number of carbonyl (C=O) groups is 2. The molecule has 1 rings (SSSR count). The molecule has 0 aliphatic rings. The van der Waals surface area contributed by atoms with Gasteiger partial charge in [0.25, 0.3) is 0 Å². The number of hydrogen-bond donors (Lipinski definition) is 1. The van der Waals surface area contributed by atoms with Crippen molar-refractivity contribution in [3.63, 3.8) is 0 Å². The Labute approximate surface area is 104 Å². The first-order valence-corrected chi connectivity index (χ1v) is 5.41. The summed E-state index contributed by atoms with van der Waals surface area (Å²) >= 11 is 0. The van der Waals surface area contributed by atoms with E-state index in [0.717, 1.165) is 4.90 Å². The van der Waals surface area contributed by atoms with E-state index in [1.807, 2.05) is 0 Å². The van der Waals surface area contributed by atoms with Crippen LogP contribution in [-0.4, -0.2) is 30.4 Å². The molecule has 0 spiro atoms. The second kappa shape index (κ2) is 6.00. The van der Waals surface area contributed by atoms with Gasteiger partial charge >= 0.3 is 11.8 Å². The number of nitrogens with zero attached hydrogens (tertiary/aromatic N) is 1. The summed E-state index contributed by atoms with van der Waals surface area (Å²) in [6.07, 6.45) is 0. The van der Waals surface area contributed by atoms with E-state index in [-0.39, 0.29) is 12.3 Å². The van der Waals surface area contributed by atoms with Crippen LogP contribution in [0.15, 0.2) is 18.2 Å². The van der Waals surface area contributed by atoms with Crippen LogP contribution >= 0.6 is 0 Å². The number of carbonyl (C=O) groups excluding carboxylic acids is 2. The Morgan fingerprint density at radius 2 is 2.11 bits per heavy atom. The molecule has 1 aromatic rings. The smallest absolute Gasteiger partial charge is 0.311 e. The molecule has 0 saturated carbocycles. The highest BCUT2D eigenvalue weighted by Crippen LogP contribution is 2.19. The minimum Gasteiger partial charge on any atom is -0.491 e. The minimum absolute atomic E-state index is 0.102. The Hall–Kier alpha value is -2.11. The number of benzene rings is 1. The number of nitrogens with two attached hydrogens (primary N) is 1. The summed E-state index contributed by atoms with van der Waals surface area (Å²) < 4.78 is 18.6. The van der Waals surface area contributed by atoms with Crippen LogP contribution in [-0.2, 0) is 16.1 Å². The Bertz CT molecular complexity index is 463. The van der Waals surface area contributed by atoms with Gasteiger partial charge in [-0.3, -0.25) is 9.59 Å². The zero-order valence-corrected chi connectivity index (χ0v) is 10.3. The standard InChI is InChI=1S/C12H15FN2O3/c1-3-18-10-5-4-8(6-9(10)13)7-15(2)12(17)11(14)16/h4-6H,3,7H2,1-2H3,(H2,14,16). The maximum atomic E-state index is 13.5. The lowest BCUT2D eigenvalue weighted by Crippen LogP contribution is -2.37. The van der Waals surface area contributed by atoms with Crippen LogP contribution in [0.2, 0.25) is 0 Å². The lowest BCUT2D eigenvalue weighted by Gasteiger charge is -2.15. The van der Waals surface area contributed by atoms with Crippen LogP contribution < -0.4 is 10.5 Å². The van der Waals surface area contributed by atoms with Gasteiger partial charge in [-0.05, 0) is 24.6 Å². The highest BCUT2D eigenvalue weighted by molar-refractivity contribution is 6.34. The van der Waals surface area contributed by atoms with Gasteiger partial charge in [-0.1, -0.05) is 6.07 Å². The second-order valence-electron chi connectivity index (χ2n) is 3.72. The van der Waals surface area contributed by atoms with Gasteiger partial charge in [0, 0.05) is 13.6 Å². The molecule has 0 atom stereocenters. The monoisotopic (exact) mass is 254 g/mol. The summed E-state index contributed by atoms with van der Waals surface area (Å²) in [6.45, 7) is 2.23. The molecule has 0 bridgehead atoms. The van der Waals surface area contributed by atoms with Crippen molar-refractivity contribution in [1.82, 2.24) is 4.90 Å². The first kappa shape index (κ1) is 14.0. The maximum Gasteiger partial charge on any atom is 0.311 e. The van der Waals surface area contributed by atoms with Gasteiger partial charge in [-0.25, -0.2) is 4.39 Å². The van der Waals surface area contributed by atoms with Crippen LogP contribution in [0.5, 0.6) is 5.75 Å². The Morgan fingerprint density at radius 3 is 2.61 bits per heavy atom. The topological polar surface area (TPSA) is 72.6 Å². The molecule has 0 radical (unpaired) electrons. The van der Waals surface area contributed by atoms with Crippen molar-refractivity contribution >= 4 is 11.8 Å². The van der Waals surface area contributed by atoms with Gasteiger partial charge in [-0.15, -0.1) is 0 Å². The number of amides is 2. The lowest BCUT2D eigenvalue weighted by atomic mass is 10.2. The molecule has 0 unspecified atom stereocenters. The molecule has 2 amide bonds. The van der Waals surface area contributed by atoms with Crippen molar-refractivity contribution in [3.05, 3.63) is 29.6 Å². The Balaban J connectivity index is 2.77. The molecular formula is C12H15FN2O3. The number of likely N-dealkylation sites (N-methyl/N-ethyl adjacent to an activating group) is 1. The van der Waals surface area contributed by atoms with Crippen LogP contribution in [0.25, 0.3) is 0 Å². The summed E-state index contributed by atoms with van der Waals surface area (Å²) in [5, 5.41) is 0. The molecule has 0 saturated heterocycles. The van der Waals surface area contributed by atoms with E-state index in [1.165, 1.54) is 19.2 Å². The normalized spacial score (nSPS) is 9.94. The number of hydrogen-bond acceptors (Lipinski definition) is 3. The molecule has 0 aliphatic heterocycles. The van der Waals surface area contributed by atoms with Crippen LogP contribution in [0.4, 0.5) is 4.39 Å². The molecule has 98 valence electrons. The highest BCUT2D eigenvalue weighted by Gasteiger charge is 2.15. The molecule has 2 N–H and O–H groups in total. The van der Waals surface area contributed by atoms with E-state index in [0.29, 0.717) is 12.2 Å². The molecule has 18 heavy (non-hydrogen) atoms. The highest BCUT2D eigenvalue weighted by atomic mass is 19.1. The average molecular weight is 254 g/mol. The third-order valence-corrected chi connectivity index (χ3v) is 2.27. The summed E-state index contributed by atoms with van der Waals surface area (Å²) in [5.41, 5.74) is 5.41. The summed E-state index contributed by atoms with van der Waals surface area (Å²) in [4.78, 5) is 23.0. The molecule has 5 nitrogen and oxygen atoms in total. The first-order valence-electron chi connectivity index (χ1n) is 5.41. The van der Waals surface area contributed by atoms with Crippen molar-refractivity contribution in [2.24, 2.45) is 5.73 Å². The van der Waals surface area contributed by atoms with E-state index >= 15 is 0 Å². The van der Waals surface area contributed by atoms with Gasteiger partial charge in [0.05, 0.1) is 6.61 Å². The summed E-state index contributed by atoms with van der Waals surface area (Å²) in [5.74, 6) is -2.20. The zero-order valence-electron chi connectivity index (χ0n) is 10.3. The van der Waals surface area contributed by atoms with Crippen molar-refractivity contribution < 1.29 is 18.7 Å². The third-order valence-electron chi connectivity index (χ3n) is 2.27. The predicted octanol–water partition coefficient (Wildman–Crippen LogP) is 0.668. The largest absolute Gasteiger partial charge is 0.491 e. The summed E-state index contributed by atoms with van der Waals surface area (Å²) in [7, 11) is 1.42. The van der Waals surface area contributed by atoms with Gasteiger partial charge in [0.15, 0.2) is 11.6 Å². The van der Waals surface area contributed by atoms with Crippen LogP contribution in [0, 0.1) is 5.82 Å². The van der Waals surface area contributed by atoms with Crippen molar-refractivity contribution in [3.8, 4) is 5.75 Å². The van der Waals surface area contributed by atoms with Crippen molar-refractivity contribution in [1.29, 1.82) is 0 Å². The van der Waals surface area contributed by atoms with Crippen molar-refractivity contribution in [2.45, 2.75) is 13.5 Å². The molecule has 0 aromatic heterocycles. The Kier molecular flexibility index (Phi) is 4.65. The Morgan fingerprint density at radius 1 is 1.44 bits per heavy atom. The number of primary amides is 1. The molecule has 0 aliphatic carbocycles. The molecule has 0 fully saturated rings. The zero-order chi connectivity index (χ0) is 13.7. The number of rotatable bonds is 4. The second-order valence-corrected chi connectivity index (χ2v) is 3.72. The molecule has 6 heteroatoms. The van der Waals surface area contributed by atoms with E-state index in [9.17, 15) is 14.0 Å². The van der Waals surface area contributed by atoms with Crippen LogP contribution in [0.3, 0.4) is 0 Å². The van der Waals surface area contributed by atoms with Crippen molar-refractivity contribution in [2.75, 3.05) is 13.7 Å². The quantitative estimate of drug-likeness (QED) is 0.802. The fourth-order valence-corrected chi connectivity index (χ4v) is 1.45. The molecule has 1 aromatic carbocycles.